The highest BCUT2D eigenvalue weighted by atomic mass is 35.5. The zero-order valence-electron chi connectivity index (χ0n) is 21.7. The molecule has 0 heterocycles. The minimum Gasteiger partial charge on any atom is -0.495 e. The smallest absolute Gasteiger partial charge is 0.244 e. The monoisotopic (exact) mass is 549 g/mol. The van der Waals surface area contributed by atoms with Gasteiger partial charge in [-0.25, -0.2) is 8.42 Å². The third-order valence-electron chi connectivity index (χ3n) is 6.64. The van der Waals surface area contributed by atoms with Crippen molar-refractivity contribution in [1.82, 2.24) is 10.2 Å². The molecule has 2 amide bonds. The van der Waals surface area contributed by atoms with E-state index in [0.717, 1.165) is 48.2 Å². The number of hydrogen-bond donors (Lipinski definition) is 1. The van der Waals surface area contributed by atoms with Crippen LogP contribution >= 0.6 is 11.6 Å². The van der Waals surface area contributed by atoms with E-state index in [1.54, 1.807) is 48.5 Å². The van der Waals surface area contributed by atoms with Gasteiger partial charge in [0.1, 0.15) is 18.3 Å². The fourth-order valence-electron chi connectivity index (χ4n) is 4.68. The Labute approximate surface area is 225 Å². The topological polar surface area (TPSA) is 96.0 Å². The molecule has 0 saturated heterocycles. The van der Waals surface area contributed by atoms with Crippen LogP contribution < -0.4 is 14.4 Å². The van der Waals surface area contributed by atoms with Crippen LogP contribution in [0.3, 0.4) is 0 Å². The zero-order valence-corrected chi connectivity index (χ0v) is 23.2. The first-order valence-electron chi connectivity index (χ1n) is 12.6. The SMILES string of the molecule is CC[C@@H](C(=O)NC1CCCCC1)N(Cc1ccc(Cl)cc1)C(=O)CN(c1ccccc1OC)S(C)(=O)=O. The molecule has 0 spiro atoms. The number of anilines is 1. The van der Waals surface area contributed by atoms with Crippen LogP contribution in [0.5, 0.6) is 5.75 Å². The number of nitrogens with zero attached hydrogens (tertiary/aromatic N) is 2. The van der Waals surface area contributed by atoms with Gasteiger partial charge in [0, 0.05) is 17.6 Å². The predicted octanol–water partition coefficient (Wildman–Crippen LogP) is 4.37. The molecule has 2 aromatic carbocycles. The lowest BCUT2D eigenvalue weighted by atomic mass is 9.95. The summed E-state index contributed by atoms with van der Waals surface area (Å²) in [5, 5.41) is 3.69. The lowest BCUT2D eigenvalue weighted by molar-refractivity contribution is -0.140. The first kappa shape index (κ1) is 28.8. The fraction of sp³-hybridized carbons (Fsp3) is 0.481. The number of sulfonamides is 1. The molecule has 2 aromatic rings. The standard InChI is InChI=1S/C27H36ClN3O5S/c1-4-23(27(33)29-22-10-6-5-7-11-22)30(18-20-14-16-21(28)17-15-20)26(32)19-31(37(3,34)35)24-12-8-9-13-25(24)36-2/h8-9,12-17,22-23H,4-7,10-11,18-19H2,1-3H3,(H,29,33)/t23-/m0/s1. The largest absolute Gasteiger partial charge is 0.495 e. The highest BCUT2D eigenvalue weighted by Crippen LogP contribution is 2.30. The van der Waals surface area contributed by atoms with E-state index in [1.165, 1.54) is 12.0 Å². The fourth-order valence-corrected chi connectivity index (χ4v) is 5.66. The summed E-state index contributed by atoms with van der Waals surface area (Å²) in [6.45, 7) is 1.51. The van der Waals surface area contributed by atoms with Crippen molar-refractivity contribution in [3.63, 3.8) is 0 Å². The van der Waals surface area contributed by atoms with Crippen molar-refractivity contribution < 1.29 is 22.7 Å². The lowest BCUT2D eigenvalue weighted by Gasteiger charge is -2.34. The average molecular weight is 550 g/mol. The van der Waals surface area contributed by atoms with E-state index in [-0.39, 0.29) is 24.2 Å². The van der Waals surface area contributed by atoms with E-state index in [9.17, 15) is 18.0 Å². The van der Waals surface area contributed by atoms with E-state index >= 15 is 0 Å². The molecule has 1 N–H and O–H groups in total. The summed E-state index contributed by atoms with van der Waals surface area (Å²) in [5.41, 5.74) is 1.04. The summed E-state index contributed by atoms with van der Waals surface area (Å²) in [6.07, 6.45) is 6.56. The Hall–Kier alpha value is -2.78. The first-order valence-corrected chi connectivity index (χ1v) is 14.8. The highest BCUT2D eigenvalue weighted by Gasteiger charge is 2.33. The molecule has 0 unspecified atom stereocenters. The molecule has 202 valence electrons. The lowest BCUT2D eigenvalue weighted by Crippen LogP contribution is -2.54. The number of hydrogen-bond acceptors (Lipinski definition) is 5. The van der Waals surface area contributed by atoms with Gasteiger partial charge in [-0.2, -0.15) is 0 Å². The number of amides is 2. The van der Waals surface area contributed by atoms with Crippen LogP contribution in [0.15, 0.2) is 48.5 Å². The molecule has 37 heavy (non-hydrogen) atoms. The van der Waals surface area contributed by atoms with E-state index in [0.29, 0.717) is 17.2 Å². The maximum atomic E-state index is 13.8. The van der Waals surface area contributed by atoms with Gasteiger partial charge in [-0.3, -0.25) is 13.9 Å². The number of halogens is 1. The Bertz CT molecular complexity index is 1170. The van der Waals surface area contributed by atoms with Crippen molar-refractivity contribution in [2.24, 2.45) is 0 Å². The van der Waals surface area contributed by atoms with Crippen LogP contribution in [-0.4, -0.2) is 57.1 Å². The molecule has 8 nitrogen and oxygen atoms in total. The molecule has 0 radical (unpaired) electrons. The molecule has 1 fully saturated rings. The van der Waals surface area contributed by atoms with Gasteiger partial charge >= 0.3 is 0 Å². The molecule has 1 atom stereocenters. The second kappa shape index (κ2) is 13.1. The number of ether oxygens (including phenoxy) is 1. The maximum absolute atomic E-state index is 13.8. The van der Waals surface area contributed by atoms with E-state index in [1.807, 2.05) is 6.92 Å². The van der Waals surface area contributed by atoms with Gasteiger partial charge in [-0.15, -0.1) is 0 Å². The van der Waals surface area contributed by atoms with Crippen LogP contribution in [0.25, 0.3) is 0 Å². The maximum Gasteiger partial charge on any atom is 0.244 e. The quantitative estimate of drug-likeness (QED) is 0.449. The Morgan fingerprint density at radius 1 is 1.08 bits per heavy atom. The summed E-state index contributed by atoms with van der Waals surface area (Å²) in [4.78, 5) is 28.7. The third kappa shape index (κ3) is 7.85. The van der Waals surface area contributed by atoms with Gasteiger partial charge < -0.3 is 15.0 Å². The molecule has 1 aliphatic carbocycles. The van der Waals surface area contributed by atoms with Gasteiger partial charge in [0.2, 0.25) is 21.8 Å². The highest BCUT2D eigenvalue weighted by molar-refractivity contribution is 7.92. The Balaban J connectivity index is 1.93. The van der Waals surface area contributed by atoms with Crippen LogP contribution in [0, 0.1) is 0 Å². The van der Waals surface area contributed by atoms with Crippen LogP contribution in [-0.2, 0) is 26.2 Å². The second-order valence-corrected chi connectivity index (χ2v) is 11.7. The van der Waals surface area contributed by atoms with Crippen molar-refractivity contribution in [3.8, 4) is 5.75 Å². The van der Waals surface area contributed by atoms with Crippen molar-refractivity contribution in [3.05, 3.63) is 59.1 Å². The van der Waals surface area contributed by atoms with Gasteiger partial charge in [0.05, 0.1) is 19.1 Å². The summed E-state index contributed by atoms with van der Waals surface area (Å²) in [7, 11) is -2.40. The van der Waals surface area contributed by atoms with Gasteiger partial charge in [-0.05, 0) is 49.1 Å². The summed E-state index contributed by atoms with van der Waals surface area (Å²) in [5.74, 6) is -0.385. The average Bonchev–Trinajstić information content (AvgIpc) is 2.88. The summed E-state index contributed by atoms with van der Waals surface area (Å²) < 4.78 is 32.0. The van der Waals surface area contributed by atoms with Crippen LogP contribution in [0.4, 0.5) is 5.69 Å². The minimum atomic E-state index is -3.85. The van der Waals surface area contributed by atoms with Gasteiger partial charge in [-0.1, -0.05) is 62.1 Å². The minimum absolute atomic E-state index is 0.0869. The molecule has 1 aliphatic rings. The molecule has 0 bridgehead atoms. The molecule has 0 aromatic heterocycles. The summed E-state index contributed by atoms with van der Waals surface area (Å²) in [6, 6.07) is 13.0. The number of para-hydroxylation sites is 2. The Morgan fingerprint density at radius 2 is 1.73 bits per heavy atom. The first-order chi connectivity index (χ1) is 17.6. The Morgan fingerprint density at radius 3 is 2.32 bits per heavy atom. The van der Waals surface area contributed by atoms with E-state index < -0.39 is 28.5 Å². The van der Waals surface area contributed by atoms with Crippen molar-refractivity contribution in [2.45, 2.75) is 64.1 Å². The predicted molar refractivity (Wildman–Crippen MR) is 146 cm³/mol. The molecular formula is C27H36ClN3O5S. The van der Waals surface area contributed by atoms with Gasteiger partial charge in [0.15, 0.2) is 0 Å². The van der Waals surface area contributed by atoms with Crippen molar-refractivity contribution in [1.29, 1.82) is 0 Å². The van der Waals surface area contributed by atoms with Gasteiger partial charge in [0.25, 0.3) is 0 Å². The molecule has 3 rings (SSSR count). The van der Waals surface area contributed by atoms with Crippen LogP contribution in [0.1, 0.15) is 51.0 Å². The van der Waals surface area contributed by atoms with E-state index in [4.69, 9.17) is 16.3 Å². The normalized spacial score (nSPS) is 15.0. The number of carbonyl (C=O) groups excluding carboxylic acids is 2. The van der Waals surface area contributed by atoms with Crippen molar-refractivity contribution >= 4 is 39.1 Å². The van der Waals surface area contributed by atoms with Crippen LogP contribution in [0.2, 0.25) is 5.02 Å². The number of methoxy groups -OCH3 is 1. The molecular weight excluding hydrogens is 514 g/mol. The zero-order chi connectivity index (χ0) is 27.0. The molecule has 1 saturated carbocycles. The number of carbonyl (C=O) groups is 2. The molecule has 10 heteroatoms. The van der Waals surface area contributed by atoms with Crippen molar-refractivity contribution in [2.75, 3.05) is 24.2 Å². The third-order valence-corrected chi connectivity index (χ3v) is 8.02. The number of benzene rings is 2. The second-order valence-electron chi connectivity index (χ2n) is 9.36. The molecule has 0 aliphatic heterocycles. The number of nitrogens with one attached hydrogen (secondary N) is 1. The Kier molecular flexibility index (Phi) is 10.2. The summed E-state index contributed by atoms with van der Waals surface area (Å²) >= 11 is 6.05. The number of rotatable bonds is 11. The van der Waals surface area contributed by atoms with E-state index in [2.05, 4.69) is 5.32 Å².